The second-order valence-electron chi connectivity index (χ2n) is 27.1. The van der Waals surface area contributed by atoms with Gasteiger partial charge < -0.3 is 45.1 Å². The minimum atomic E-state index is -1.61. The van der Waals surface area contributed by atoms with Crippen molar-refractivity contribution in [3.8, 4) is 0 Å². The number of hydrogen-bond acceptors (Lipinski definition) is 10. The van der Waals surface area contributed by atoms with Crippen LogP contribution in [0.15, 0.2) is 60.8 Å². The van der Waals surface area contributed by atoms with Gasteiger partial charge in [0.15, 0.2) is 12.4 Å². The Morgan fingerprint density at radius 3 is 1.15 bits per heavy atom. The second kappa shape index (κ2) is 67.3. The van der Waals surface area contributed by atoms with Gasteiger partial charge in [-0.1, -0.05) is 358 Å². The third kappa shape index (κ3) is 54.2. The minimum Gasteiger partial charge on any atom is -0.454 e. The summed E-state index contributed by atoms with van der Waals surface area (Å²) in [7, 11) is 0. The predicted molar refractivity (Wildman–Crippen MR) is 384 cm³/mol. The van der Waals surface area contributed by atoms with Crippen LogP contribution >= 0.6 is 0 Å². The molecule has 8 unspecified atom stereocenters. The van der Waals surface area contributed by atoms with Gasteiger partial charge in [0.05, 0.1) is 25.4 Å². The molecule has 0 aromatic rings. The van der Waals surface area contributed by atoms with E-state index in [9.17, 15) is 35.1 Å². The van der Waals surface area contributed by atoms with Crippen LogP contribution in [-0.2, 0) is 23.8 Å². The van der Waals surface area contributed by atoms with Crippen LogP contribution in [0.4, 0.5) is 0 Å². The number of nitrogens with one attached hydrogen (secondary N) is 1. The maximum absolute atomic E-state index is 13.5. The highest BCUT2D eigenvalue weighted by Crippen LogP contribution is 2.27. The molecule has 0 aromatic carbocycles. The molecule has 1 aliphatic rings. The average molecular weight is 1280 g/mol. The molecule has 0 spiro atoms. The number of carbonyl (C=O) groups is 2. The lowest BCUT2D eigenvalue weighted by Crippen LogP contribution is -2.61. The molecule has 1 rings (SSSR count). The molecular weight excluding hydrogens is 1130 g/mol. The molecule has 0 aromatic heterocycles. The highest BCUT2D eigenvalue weighted by Gasteiger charge is 2.47. The quantitative estimate of drug-likeness (QED) is 0.0195. The SMILES string of the molecule is CCCCC/C=C\C/C=C\C/C=C\C/C=C\CCCCCCCCCCCCC(O)C(=O)NC(COC1OC(CO)C(O)C(O)C1OC(=O)CCCCCCCCCCCCCCCCCCCCCCCCCCC)C(O)/C=C/CCCCCCCCCCC. The van der Waals surface area contributed by atoms with Crippen LogP contribution in [0.25, 0.3) is 0 Å². The first-order valence-corrected chi connectivity index (χ1v) is 39.1. The standard InChI is InChI=1S/C80H147NO10/c1-4-7-10-13-16-19-22-24-26-28-30-32-34-36-38-39-41-43-45-47-49-52-55-58-61-64-67-73(84)79(88)81-71(72(83)66-63-60-57-54-51-21-18-15-12-9-6-3)70-89-80-78(77(87)76(86)74(69-82)90-80)91-75(85)68-65-62-59-56-53-50-48-46-44-42-40-37-35-33-31-29-27-25-23-20-17-14-11-8-5-2/h16,19,24,26,30,32,36,38,63,66,71-74,76-78,80,82-84,86-87H,4-15,17-18,20-23,25,27-29,31,33-35,37,39-62,64-65,67-70H2,1-3H3,(H,81,88)/b19-16-,26-24-,32-30-,38-36-,66-63+. The maximum Gasteiger partial charge on any atom is 0.306 e. The molecule has 91 heavy (non-hydrogen) atoms. The largest absolute Gasteiger partial charge is 0.454 e. The topological polar surface area (TPSA) is 175 Å². The molecule has 6 N–H and O–H groups in total. The smallest absolute Gasteiger partial charge is 0.306 e. The van der Waals surface area contributed by atoms with E-state index in [4.69, 9.17) is 14.2 Å². The Bertz CT molecular complexity index is 1720. The van der Waals surface area contributed by atoms with Gasteiger partial charge in [0, 0.05) is 6.42 Å². The van der Waals surface area contributed by atoms with Gasteiger partial charge in [-0.2, -0.15) is 0 Å². The summed E-state index contributed by atoms with van der Waals surface area (Å²) in [6.07, 6.45) is 77.1. The number of amides is 1. The molecular formula is C80H147NO10. The van der Waals surface area contributed by atoms with Gasteiger partial charge in [0.1, 0.15) is 24.4 Å². The molecule has 1 fully saturated rings. The van der Waals surface area contributed by atoms with Gasteiger partial charge in [-0.25, -0.2) is 0 Å². The van der Waals surface area contributed by atoms with Crippen LogP contribution in [0.2, 0.25) is 0 Å². The van der Waals surface area contributed by atoms with Crippen molar-refractivity contribution in [2.24, 2.45) is 0 Å². The van der Waals surface area contributed by atoms with Crippen molar-refractivity contribution in [3.05, 3.63) is 60.8 Å². The Balaban J connectivity index is 2.49. The molecule has 0 bridgehead atoms. The van der Waals surface area contributed by atoms with Crippen molar-refractivity contribution >= 4 is 11.9 Å². The van der Waals surface area contributed by atoms with E-state index in [2.05, 4.69) is 74.7 Å². The van der Waals surface area contributed by atoms with Gasteiger partial charge in [-0.15, -0.1) is 0 Å². The van der Waals surface area contributed by atoms with Gasteiger partial charge >= 0.3 is 5.97 Å². The van der Waals surface area contributed by atoms with Crippen molar-refractivity contribution in [3.63, 3.8) is 0 Å². The number of esters is 1. The fourth-order valence-electron chi connectivity index (χ4n) is 12.3. The Hall–Kier alpha value is -2.64. The summed E-state index contributed by atoms with van der Waals surface area (Å²) in [5.74, 6) is -1.18. The fourth-order valence-corrected chi connectivity index (χ4v) is 12.3. The average Bonchev–Trinajstić information content (AvgIpc) is 1.02. The summed E-state index contributed by atoms with van der Waals surface area (Å²) in [6, 6.07) is -1.03. The van der Waals surface area contributed by atoms with Crippen LogP contribution in [0.5, 0.6) is 0 Å². The summed E-state index contributed by atoms with van der Waals surface area (Å²) < 4.78 is 17.7. The Morgan fingerprint density at radius 2 is 0.758 bits per heavy atom. The van der Waals surface area contributed by atoms with Gasteiger partial charge in [-0.05, 0) is 70.6 Å². The zero-order chi connectivity index (χ0) is 66.0. The zero-order valence-corrected chi connectivity index (χ0v) is 59.5. The molecule has 0 aliphatic carbocycles. The second-order valence-corrected chi connectivity index (χ2v) is 27.1. The van der Waals surface area contributed by atoms with E-state index < -0.39 is 67.4 Å². The van der Waals surface area contributed by atoms with Gasteiger partial charge in [0.2, 0.25) is 5.91 Å². The van der Waals surface area contributed by atoms with Gasteiger partial charge in [0.25, 0.3) is 0 Å². The summed E-state index contributed by atoms with van der Waals surface area (Å²) in [6.45, 7) is 5.81. The Morgan fingerprint density at radius 1 is 0.429 bits per heavy atom. The van der Waals surface area contributed by atoms with E-state index in [-0.39, 0.29) is 19.4 Å². The van der Waals surface area contributed by atoms with Crippen molar-refractivity contribution in [2.75, 3.05) is 13.2 Å². The monoisotopic (exact) mass is 1280 g/mol. The van der Waals surface area contributed by atoms with E-state index >= 15 is 0 Å². The van der Waals surface area contributed by atoms with Crippen LogP contribution < -0.4 is 5.32 Å². The molecule has 1 heterocycles. The lowest BCUT2D eigenvalue weighted by atomic mass is 9.99. The van der Waals surface area contributed by atoms with E-state index in [1.807, 2.05) is 6.08 Å². The van der Waals surface area contributed by atoms with Crippen LogP contribution in [0, 0.1) is 0 Å². The molecule has 11 nitrogen and oxygen atoms in total. The van der Waals surface area contributed by atoms with Crippen LogP contribution in [-0.4, -0.2) is 99.6 Å². The normalized spacial score (nSPS) is 18.3. The fraction of sp³-hybridized carbons (Fsp3) is 0.850. The molecule has 0 saturated carbocycles. The molecule has 8 atom stereocenters. The summed E-state index contributed by atoms with van der Waals surface area (Å²) >= 11 is 0. The number of rotatable bonds is 68. The first-order chi connectivity index (χ1) is 44.7. The van der Waals surface area contributed by atoms with Crippen LogP contribution in [0.1, 0.15) is 374 Å². The minimum absolute atomic E-state index is 0.127. The zero-order valence-electron chi connectivity index (χ0n) is 59.5. The van der Waals surface area contributed by atoms with Crippen molar-refractivity contribution < 1.29 is 49.3 Å². The molecule has 0 radical (unpaired) electrons. The van der Waals surface area contributed by atoms with Crippen LogP contribution in [0.3, 0.4) is 0 Å². The predicted octanol–water partition coefficient (Wildman–Crippen LogP) is 20.9. The number of carbonyl (C=O) groups excluding carboxylic acids is 2. The highest BCUT2D eigenvalue weighted by molar-refractivity contribution is 5.80. The van der Waals surface area contributed by atoms with E-state index in [0.717, 1.165) is 83.5 Å². The number of hydrogen-bond donors (Lipinski definition) is 6. The van der Waals surface area contributed by atoms with E-state index in [0.29, 0.717) is 12.8 Å². The van der Waals surface area contributed by atoms with E-state index in [1.54, 1.807) is 6.08 Å². The Labute approximate surface area is 560 Å². The van der Waals surface area contributed by atoms with E-state index in [1.165, 1.54) is 244 Å². The first-order valence-electron chi connectivity index (χ1n) is 39.1. The molecule has 11 heteroatoms. The maximum atomic E-state index is 13.5. The number of ether oxygens (including phenoxy) is 3. The van der Waals surface area contributed by atoms with Crippen molar-refractivity contribution in [2.45, 2.75) is 423 Å². The summed E-state index contributed by atoms with van der Waals surface area (Å²) in [5.41, 5.74) is 0. The number of aliphatic hydroxyl groups is 5. The molecule has 532 valence electrons. The number of allylic oxidation sites excluding steroid dienone is 9. The van der Waals surface area contributed by atoms with Crippen molar-refractivity contribution in [1.29, 1.82) is 0 Å². The summed E-state index contributed by atoms with van der Waals surface area (Å²) in [4.78, 5) is 26.7. The third-order valence-corrected chi connectivity index (χ3v) is 18.4. The lowest BCUT2D eigenvalue weighted by molar-refractivity contribution is -0.305. The highest BCUT2D eigenvalue weighted by atomic mass is 16.7. The molecule has 1 aliphatic heterocycles. The lowest BCUT2D eigenvalue weighted by Gasteiger charge is -2.41. The number of aliphatic hydroxyl groups excluding tert-OH is 5. The molecule has 1 amide bonds. The number of unbranched alkanes of at least 4 members (excludes halogenated alkanes) is 46. The van der Waals surface area contributed by atoms with Gasteiger partial charge in [-0.3, -0.25) is 9.59 Å². The third-order valence-electron chi connectivity index (χ3n) is 18.4. The Kier molecular flexibility index (Phi) is 63.9. The summed E-state index contributed by atoms with van der Waals surface area (Å²) in [5, 5.41) is 57.4. The molecule has 1 saturated heterocycles. The first kappa shape index (κ1) is 86.4. The van der Waals surface area contributed by atoms with Crippen molar-refractivity contribution in [1.82, 2.24) is 5.32 Å².